The average molecular weight is 424 g/mol. The van der Waals surface area contributed by atoms with Crippen molar-refractivity contribution in [3.63, 3.8) is 0 Å². The fourth-order valence-electron chi connectivity index (χ4n) is 2.09. The van der Waals surface area contributed by atoms with Crippen LogP contribution in [-0.4, -0.2) is 42.2 Å². The van der Waals surface area contributed by atoms with Crippen LogP contribution >= 0.6 is 34.7 Å². The molecule has 3 rings (SSSR count). The minimum absolute atomic E-state index is 0.0941. The van der Waals surface area contributed by atoms with Crippen LogP contribution in [0.4, 0.5) is 10.8 Å². The number of carbonyl (C=O) groups excluding carboxylic acids is 1. The maximum atomic E-state index is 12.4. The Hall–Kier alpha value is -2.17. The molecule has 2 N–H and O–H groups in total. The lowest BCUT2D eigenvalue weighted by atomic mass is 10.1. The van der Waals surface area contributed by atoms with Gasteiger partial charge >= 0.3 is 0 Å². The molecule has 0 aliphatic rings. The molecule has 1 aromatic carbocycles. The second-order valence-corrected chi connectivity index (χ2v) is 9.22. The molecular formula is C16H18ClN7OS2. The van der Waals surface area contributed by atoms with Crippen molar-refractivity contribution >= 4 is 51.4 Å². The van der Waals surface area contributed by atoms with Gasteiger partial charge in [-0.2, -0.15) is 5.10 Å². The van der Waals surface area contributed by atoms with E-state index in [9.17, 15) is 4.79 Å². The molecule has 0 aliphatic carbocycles. The molecule has 0 saturated heterocycles. The average Bonchev–Trinajstić information content (AvgIpc) is 3.23. The van der Waals surface area contributed by atoms with Crippen LogP contribution in [0.15, 0.2) is 35.2 Å². The summed E-state index contributed by atoms with van der Waals surface area (Å²) in [5.41, 5.74) is 1.15. The number of carbonyl (C=O) groups is 1. The summed E-state index contributed by atoms with van der Waals surface area (Å²) in [6.45, 7) is 6.14. The summed E-state index contributed by atoms with van der Waals surface area (Å²) in [5.74, 6) is 0.0251. The molecule has 0 aliphatic heterocycles. The molecular weight excluding hydrogens is 406 g/mol. The first-order valence-corrected chi connectivity index (χ1v) is 10.2. The van der Waals surface area contributed by atoms with E-state index < -0.39 is 0 Å². The monoisotopic (exact) mass is 423 g/mol. The van der Waals surface area contributed by atoms with Gasteiger partial charge in [0.25, 0.3) is 0 Å². The Morgan fingerprint density at radius 3 is 2.85 bits per heavy atom. The summed E-state index contributed by atoms with van der Waals surface area (Å²) in [4.78, 5) is 16.3. The Morgan fingerprint density at radius 2 is 2.15 bits per heavy atom. The number of hydrogen-bond acceptors (Lipinski definition) is 8. The highest BCUT2D eigenvalue weighted by Crippen LogP contribution is 2.28. The van der Waals surface area contributed by atoms with Crippen molar-refractivity contribution in [3.8, 4) is 5.69 Å². The van der Waals surface area contributed by atoms with Crippen LogP contribution in [0.25, 0.3) is 5.69 Å². The summed E-state index contributed by atoms with van der Waals surface area (Å²) in [7, 11) is 0. The van der Waals surface area contributed by atoms with E-state index in [0.717, 1.165) is 9.47 Å². The molecule has 0 radical (unpaired) electrons. The van der Waals surface area contributed by atoms with E-state index in [2.05, 4.69) is 30.9 Å². The minimum atomic E-state index is -0.177. The molecule has 8 nitrogen and oxygen atoms in total. The van der Waals surface area contributed by atoms with Gasteiger partial charge in [-0.05, 0) is 39.0 Å². The maximum Gasteiger partial charge on any atom is 0.234 e. The van der Waals surface area contributed by atoms with Gasteiger partial charge in [0.1, 0.15) is 12.7 Å². The van der Waals surface area contributed by atoms with Crippen molar-refractivity contribution in [2.75, 3.05) is 16.4 Å². The summed E-state index contributed by atoms with van der Waals surface area (Å²) < 4.78 is 2.29. The van der Waals surface area contributed by atoms with Gasteiger partial charge in [0.2, 0.25) is 11.0 Å². The third kappa shape index (κ3) is 5.65. The number of benzene rings is 1. The van der Waals surface area contributed by atoms with Crippen LogP contribution in [0.1, 0.15) is 20.8 Å². The number of aromatic nitrogens is 5. The molecule has 0 fully saturated rings. The SMILES string of the molecule is CC(C)(C)Nc1nnc(SCC(=O)Nc2cc(Cl)ccc2-n2cncn2)s1. The van der Waals surface area contributed by atoms with E-state index in [0.29, 0.717) is 16.4 Å². The van der Waals surface area contributed by atoms with Gasteiger partial charge in [0.05, 0.1) is 17.1 Å². The van der Waals surface area contributed by atoms with Crippen molar-refractivity contribution in [3.05, 3.63) is 35.9 Å². The van der Waals surface area contributed by atoms with Crippen molar-refractivity contribution in [2.45, 2.75) is 30.6 Å². The largest absolute Gasteiger partial charge is 0.355 e. The molecule has 27 heavy (non-hydrogen) atoms. The molecule has 1 amide bonds. The number of anilines is 2. The molecule has 142 valence electrons. The molecule has 3 aromatic rings. The van der Waals surface area contributed by atoms with Crippen LogP contribution in [-0.2, 0) is 4.79 Å². The predicted molar refractivity (Wildman–Crippen MR) is 109 cm³/mol. The number of nitrogens with zero attached hydrogens (tertiary/aromatic N) is 5. The van der Waals surface area contributed by atoms with E-state index in [1.165, 1.54) is 29.4 Å². The summed E-state index contributed by atoms with van der Waals surface area (Å²) in [6, 6.07) is 5.18. The second kappa shape index (κ2) is 8.24. The number of thioether (sulfide) groups is 1. The number of hydrogen-bond donors (Lipinski definition) is 2. The lowest BCUT2D eigenvalue weighted by molar-refractivity contribution is -0.113. The first kappa shape index (κ1) is 19.6. The van der Waals surface area contributed by atoms with E-state index in [1.807, 2.05) is 20.8 Å². The Kier molecular flexibility index (Phi) is 5.98. The molecule has 0 bridgehead atoms. The minimum Gasteiger partial charge on any atom is -0.355 e. The Labute approximate surface area is 169 Å². The number of halogens is 1. The summed E-state index contributed by atoms with van der Waals surface area (Å²) >= 11 is 8.81. The van der Waals surface area contributed by atoms with Gasteiger partial charge in [0.15, 0.2) is 4.34 Å². The molecule has 0 spiro atoms. The number of amides is 1. The third-order valence-electron chi connectivity index (χ3n) is 3.11. The lowest BCUT2D eigenvalue weighted by Gasteiger charge is -2.18. The van der Waals surface area contributed by atoms with Crippen molar-refractivity contribution in [2.24, 2.45) is 0 Å². The highest BCUT2D eigenvalue weighted by Gasteiger charge is 2.15. The van der Waals surface area contributed by atoms with Crippen molar-refractivity contribution in [1.82, 2.24) is 25.0 Å². The maximum absolute atomic E-state index is 12.4. The van der Waals surface area contributed by atoms with Crippen LogP contribution < -0.4 is 10.6 Å². The molecule has 0 unspecified atom stereocenters. The van der Waals surface area contributed by atoms with Crippen molar-refractivity contribution in [1.29, 1.82) is 0 Å². The molecule has 2 heterocycles. The summed E-state index contributed by atoms with van der Waals surface area (Å²) in [6.07, 6.45) is 2.98. The van der Waals surface area contributed by atoms with Gasteiger partial charge in [-0.3, -0.25) is 4.79 Å². The first-order valence-electron chi connectivity index (χ1n) is 7.99. The normalized spacial score (nSPS) is 11.4. The van der Waals surface area contributed by atoms with Gasteiger partial charge < -0.3 is 10.6 Å². The topological polar surface area (TPSA) is 97.6 Å². The van der Waals surface area contributed by atoms with E-state index in [4.69, 9.17) is 11.6 Å². The Bertz CT molecular complexity index is 921. The molecule has 2 aromatic heterocycles. The van der Waals surface area contributed by atoms with E-state index >= 15 is 0 Å². The van der Waals surface area contributed by atoms with Crippen LogP contribution in [0.5, 0.6) is 0 Å². The van der Waals surface area contributed by atoms with Gasteiger partial charge in [0, 0.05) is 10.6 Å². The summed E-state index contributed by atoms with van der Waals surface area (Å²) in [5, 5.41) is 19.7. The van der Waals surface area contributed by atoms with Gasteiger partial charge in [-0.15, -0.1) is 10.2 Å². The highest BCUT2D eigenvalue weighted by molar-refractivity contribution is 8.01. The first-order chi connectivity index (χ1) is 12.8. The zero-order chi connectivity index (χ0) is 19.4. The molecule has 0 atom stereocenters. The van der Waals surface area contributed by atoms with Gasteiger partial charge in [-0.1, -0.05) is 34.7 Å². The predicted octanol–water partition coefficient (Wildman–Crippen LogP) is 3.71. The quantitative estimate of drug-likeness (QED) is 0.583. The Morgan fingerprint density at radius 1 is 1.33 bits per heavy atom. The second-order valence-electron chi connectivity index (χ2n) is 6.59. The number of nitrogens with one attached hydrogen (secondary N) is 2. The lowest BCUT2D eigenvalue weighted by Crippen LogP contribution is -2.25. The van der Waals surface area contributed by atoms with E-state index in [1.54, 1.807) is 29.2 Å². The van der Waals surface area contributed by atoms with Crippen LogP contribution in [0, 0.1) is 0 Å². The van der Waals surface area contributed by atoms with Crippen molar-refractivity contribution < 1.29 is 4.79 Å². The molecule has 0 saturated carbocycles. The fourth-order valence-corrected chi connectivity index (χ4v) is 4.03. The zero-order valence-electron chi connectivity index (χ0n) is 14.9. The third-order valence-corrected chi connectivity index (χ3v) is 5.32. The highest BCUT2D eigenvalue weighted by atomic mass is 35.5. The standard InChI is InChI=1S/C16H18ClN7OS2/c1-16(2,3)21-14-22-23-15(27-14)26-7-13(25)20-11-6-10(17)4-5-12(11)24-9-18-8-19-24/h4-6,8-9H,7H2,1-3H3,(H,20,25)(H,21,22). The smallest absolute Gasteiger partial charge is 0.234 e. The van der Waals surface area contributed by atoms with Gasteiger partial charge in [-0.25, -0.2) is 9.67 Å². The zero-order valence-corrected chi connectivity index (χ0v) is 17.3. The fraction of sp³-hybridized carbons (Fsp3) is 0.312. The van der Waals surface area contributed by atoms with Crippen LogP contribution in [0.2, 0.25) is 5.02 Å². The number of rotatable bonds is 6. The van der Waals surface area contributed by atoms with E-state index in [-0.39, 0.29) is 17.2 Å². The van der Waals surface area contributed by atoms with Crippen LogP contribution in [0.3, 0.4) is 0 Å². The Balaban J connectivity index is 1.63. The molecule has 11 heteroatoms.